The molecule has 1 aliphatic heterocycles. The molecule has 4 rings (SSSR count). The first-order chi connectivity index (χ1) is 14.1. The standard InChI is InChI=1S/C23H27N3O3/c1-29-20(28)10-5-9-19(27)26-14-6-12-23(16-26)13-11-18-15-24-22(25-21(18)23)17-7-3-2-4-8-17/h2-4,7-8,15H,5-6,9-14,16H2,1H3. The number of rotatable bonds is 5. The molecule has 2 aromatic rings. The van der Waals surface area contributed by atoms with Gasteiger partial charge >= 0.3 is 5.97 Å². The van der Waals surface area contributed by atoms with E-state index in [0.29, 0.717) is 19.4 Å². The number of piperidine rings is 1. The molecule has 1 fully saturated rings. The summed E-state index contributed by atoms with van der Waals surface area (Å²) in [6, 6.07) is 10.0. The van der Waals surface area contributed by atoms with E-state index in [1.54, 1.807) is 0 Å². The summed E-state index contributed by atoms with van der Waals surface area (Å²) >= 11 is 0. The zero-order valence-corrected chi connectivity index (χ0v) is 16.9. The van der Waals surface area contributed by atoms with E-state index in [1.807, 2.05) is 41.4 Å². The highest BCUT2D eigenvalue weighted by molar-refractivity contribution is 5.77. The molecule has 0 bridgehead atoms. The minimum Gasteiger partial charge on any atom is -0.469 e. The second-order valence-electron chi connectivity index (χ2n) is 8.06. The van der Waals surface area contributed by atoms with Gasteiger partial charge in [0.2, 0.25) is 5.91 Å². The molecule has 6 heteroatoms. The highest BCUT2D eigenvalue weighted by atomic mass is 16.5. The van der Waals surface area contributed by atoms with E-state index in [4.69, 9.17) is 4.98 Å². The molecule has 1 atom stereocenters. The quantitative estimate of drug-likeness (QED) is 0.729. The number of ether oxygens (including phenoxy) is 1. The summed E-state index contributed by atoms with van der Waals surface area (Å²) in [5, 5.41) is 0. The Balaban J connectivity index is 1.51. The molecule has 29 heavy (non-hydrogen) atoms. The van der Waals surface area contributed by atoms with Crippen LogP contribution >= 0.6 is 0 Å². The number of carbonyl (C=O) groups is 2. The molecule has 0 saturated carbocycles. The smallest absolute Gasteiger partial charge is 0.305 e. The van der Waals surface area contributed by atoms with Gasteiger partial charge < -0.3 is 9.64 Å². The third-order valence-electron chi connectivity index (χ3n) is 6.20. The number of hydrogen-bond donors (Lipinski definition) is 0. The monoisotopic (exact) mass is 393 g/mol. The van der Waals surface area contributed by atoms with Crippen LogP contribution in [0.3, 0.4) is 0 Å². The third-order valence-corrected chi connectivity index (χ3v) is 6.20. The van der Waals surface area contributed by atoms with Crippen LogP contribution in [0.2, 0.25) is 0 Å². The number of likely N-dealkylation sites (tertiary alicyclic amines) is 1. The molecule has 1 spiro atoms. The number of fused-ring (bicyclic) bond motifs is 2. The van der Waals surface area contributed by atoms with Gasteiger partial charge in [-0.3, -0.25) is 9.59 Å². The first-order valence-corrected chi connectivity index (χ1v) is 10.4. The number of hydrogen-bond acceptors (Lipinski definition) is 5. The van der Waals surface area contributed by atoms with Crippen LogP contribution in [-0.4, -0.2) is 46.9 Å². The van der Waals surface area contributed by atoms with Crippen LogP contribution < -0.4 is 0 Å². The number of nitrogens with zero attached hydrogens (tertiary/aromatic N) is 3. The lowest BCUT2D eigenvalue weighted by atomic mass is 9.77. The van der Waals surface area contributed by atoms with E-state index in [9.17, 15) is 9.59 Å². The van der Waals surface area contributed by atoms with E-state index < -0.39 is 0 Å². The molecule has 1 aromatic carbocycles. The SMILES string of the molecule is COC(=O)CCCC(=O)N1CCCC2(CCc3cnc(-c4ccccc4)nc32)C1. The average Bonchev–Trinajstić information content (AvgIpc) is 3.11. The van der Waals surface area contributed by atoms with Gasteiger partial charge in [0.1, 0.15) is 0 Å². The van der Waals surface area contributed by atoms with Gasteiger partial charge in [-0.2, -0.15) is 0 Å². The summed E-state index contributed by atoms with van der Waals surface area (Å²) in [7, 11) is 1.38. The Labute approximate surface area is 171 Å². The lowest BCUT2D eigenvalue weighted by Gasteiger charge is -2.40. The molecule has 0 N–H and O–H groups in total. The van der Waals surface area contributed by atoms with Crippen LogP contribution in [0.15, 0.2) is 36.5 Å². The van der Waals surface area contributed by atoms with Crippen molar-refractivity contribution in [1.82, 2.24) is 14.9 Å². The van der Waals surface area contributed by atoms with Crippen molar-refractivity contribution in [1.29, 1.82) is 0 Å². The van der Waals surface area contributed by atoms with E-state index in [0.717, 1.165) is 49.3 Å². The van der Waals surface area contributed by atoms with Gasteiger partial charge in [0, 0.05) is 43.1 Å². The van der Waals surface area contributed by atoms with Gasteiger partial charge in [0.15, 0.2) is 5.82 Å². The number of aryl methyl sites for hydroxylation is 1. The highest BCUT2D eigenvalue weighted by Gasteiger charge is 2.44. The predicted octanol–water partition coefficient (Wildman–Crippen LogP) is 3.29. The molecule has 1 amide bonds. The zero-order chi connectivity index (χ0) is 20.3. The van der Waals surface area contributed by atoms with Crippen molar-refractivity contribution in [2.24, 2.45) is 0 Å². The van der Waals surface area contributed by atoms with E-state index >= 15 is 0 Å². The van der Waals surface area contributed by atoms with Gasteiger partial charge in [0.05, 0.1) is 12.8 Å². The highest BCUT2D eigenvalue weighted by Crippen LogP contribution is 2.44. The van der Waals surface area contributed by atoms with Crippen LogP contribution in [0.1, 0.15) is 49.8 Å². The fourth-order valence-corrected chi connectivity index (χ4v) is 4.65. The van der Waals surface area contributed by atoms with Gasteiger partial charge in [-0.05, 0) is 37.7 Å². The number of benzene rings is 1. The molecule has 152 valence electrons. The van der Waals surface area contributed by atoms with E-state index in [1.165, 1.54) is 12.7 Å². The van der Waals surface area contributed by atoms with Gasteiger partial charge in [0.25, 0.3) is 0 Å². The molecule has 1 aromatic heterocycles. The second kappa shape index (κ2) is 8.31. The maximum absolute atomic E-state index is 12.7. The molecular formula is C23H27N3O3. The Morgan fingerprint density at radius 1 is 1.17 bits per heavy atom. The fourth-order valence-electron chi connectivity index (χ4n) is 4.65. The minimum atomic E-state index is -0.261. The van der Waals surface area contributed by atoms with Crippen molar-refractivity contribution < 1.29 is 14.3 Å². The zero-order valence-electron chi connectivity index (χ0n) is 16.9. The summed E-state index contributed by atoms with van der Waals surface area (Å²) in [6.07, 6.45) is 7.19. The van der Waals surface area contributed by atoms with Crippen LogP contribution in [0, 0.1) is 0 Å². The molecule has 1 unspecified atom stereocenters. The van der Waals surface area contributed by atoms with Crippen LogP contribution in [0.5, 0.6) is 0 Å². The van der Waals surface area contributed by atoms with Gasteiger partial charge in [-0.15, -0.1) is 0 Å². The van der Waals surface area contributed by atoms with Gasteiger partial charge in [-0.25, -0.2) is 9.97 Å². The maximum Gasteiger partial charge on any atom is 0.305 e. The van der Waals surface area contributed by atoms with Gasteiger partial charge in [-0.1, -0.05) is 30.3 Å². The normalized spacial score (nSPS) is 20.5. The number of carbonyl (C=O) groups excluding carboxylic acids is 2. The Kier molecular flexibility index (Phi) is 5.60. The molecule has 2 heterocycles. The topological polar surface area (TPSA) is 72.4 Å². The summed E-state index contributed by atoms with van der Waals surface area (Å²) in [5.41, 5.74) is 3.28. The number of aromatic nitrogens is 2. The largest absolute Gasteiger partial charge is 0.469 e. The van der Waals surface area contributed by atoms with Crippen LogP contribution in [-0.2, 0) is 26.2 Å². The van der Waals surface area contributed by atoms with E-state index in [2.05, 4.69) is 9.72 Å². The predicted molar refractivity (Wildman–Crippen MR) is 109 cm³/mol. The summed E-state index contributed by atoms with van der Waals surface area (Å²) in [4.78, 5) is 35.6. The summed E-state index contributed by atoms with van der Waals surface area (Å²) in [6.45, 7) is 1.49. The Bertz CT molecular complexity index is 895. The van der Waals surface area contributed by atoms with Crippen LogP contribution in [0.4, 0.5) is 0 Å². The van der Waals surface area contributed by atoms with Crippen molar-refractivity contribution in [2.45, 2.75) is 50.4 Å². The lowest BCUT2D eigenvalue weighted by Crippen LogP contribution is -2.48. The molecule has 2 aliphatic rings. The van der Waals surface area contributed by atoms with E-state index in [-0.39, 0.29) is 23.7 Å². The Morgan fingerprint density at radius 2 is 2.00 bits per heavy atom. The van der Waals surface area contributed by atoms with Crippen molar-refractivity contribution in [3.05, 3.63) is 47.8 Å². The number of esters is 1. The Morgan fingerprint density at radius 3 is 2.79 bits per heavy atom. The van der Waals surface area contributed by atoms with Crippen LogP contribution in [0.25, 0.3) is 11.4 Å². The molecule has 0 radical (unpaired) electrons. The molecule has 1 saturated heterocycles. The van der Waals surface area contributed by atoms with Crippen molar-refractivity contribution in [3.8, 4) is 11.4 Å². The first-order valence-electron chi connectivity index (χ1n) is 10.4. The van der Waals surface area contributed by atoms with Crippen molar-refractivity contribution >= 4 is 11.9 Å². The molecular weight excluding hydrogens is 366 g/mol. The fraction of sp³-hybridized carbons (Fsp3) is 0.478. The van der Waals surface area contributed by atoms with Crippen molar-refractivity contribution in [2.75, 3.05) is 20.2 Å². The number of methoxy groups -OCH3 is 1. The number of amides is 1. The first kappa shape index (κ1) is 19.6. The second-order valence-corrected chi connectivity index (χ2v) is 8.06. The maximum atomic E-state index is 12.7. The Hall–Kier alpha value is -2.76. The third kappa shape index (κ3) is 4.02. The summed E-state index contributed by atoms with van der Waals surface area (Å²) in [5.74, 6) is 0.619. The van der Waals surface area contributed by atoms with Crippen molar-refractivity contribution in [3.63, 3.8) is 0 Å². The lowest BCUT2D eigenvalue weighted by molar-refractivity contribution is -0.141. The minimum absolute atomic E-state index is 0.0714. The summed E-state index contributed by atoms with van der Waals surface area (Å²) < 4.78 is 4.66. The molecule has 1 aliphatic carbocycles. The average molecular weight is 393 g/mol. The molecule has 6 nitrogen and oxygen atoms in total.